The van der Waals surface area contributed by atoms with Crippen molar-refractivity contribution in [3.05, 3.63) is 38.9 Å². The fourth-order valence-corrected chi connectivity index (χ4v) is 1.17. The van der Waals surface area contributed by atoms with Gasteiger partial charge in [-0.3, -0.25) is 10.1 Å². The van der Waals surface area contributed by atoms with Crippen LogP contribution in [-0.4, -0.2) is 11.5 Å². The van der Waals surface area contributed by atoms with E-state index in [1.165, 1.54) is 18.2 Å². The number of hydrogen-bond donors (Lipinski definition) is 1. The van der Waals surface area contributed by atoms with Crippen LogP contribution in [0.3, 0.4) is 0 Å². The lowest BCUT2D eigenvalue weighted by Gasteiger charge is -1.95. The molecule has 5 heteroatoms. The third-order valence-corrected chi connectivity index (χ3v) is 1.88. The van der Waals surface area contributed by atoms with E-state index in [9.17, 15) is 10.1 Å². The smallest absolute Gasteiger partial charge is 0.285 e. The summed E-state index contributed by atoms with van der Waals surface area (Å²) < 4.78 is 0. The van der Waals surface area contributed by atoms with Gasteiger partial charge in [-0.05, 0) is 12.1 Å². The van der Waals surface area contributed by atoms with Crippen LogP contribution in [0.5, 0.6) is 0 Å². The van der Waals surface area contributed by atoms with E-state index >= 15 is 0 Å². The number of rotatable bonds is 2. The van der Waals surface area contributed by atoms with Crippen molar-refractivity contribution in [3.8, 4) is 11.8 Å². The zero-order chi connectivity index (χ0) is 11.3. The summed E-state index contributed by atoms with van der Waals surface area (Å²) in [7, 11) is 0. The quantitative estimate of drug-likeness (QED) is 0.474. The van der Waals surface area contributed by atoms with Gasteiger partial charge in [-0.1, -0.05) is 23.4 Å². The minimum absolute atomic E-state index is 0.0380. The lowest BCUT2D eigenvalue weighted by atomic mass is 10.2. The van der Waals surface area contributed by atoms with Gasteiger partial charge in [0, 0.05) is 24.1 Å². The van der Waals surface area contributed by atoms with Crippen LogP contribution in [0.15, 0.2) is 18.2 Å². The van der Waals surface area contributed by atoms with Crippen LogP contribution < -0.4 is 5.73 Å². The van der Waals surface area contributed by atoms with Gasteiger partial charge < -0.3 is 5.73 Å². The van der Waals surface area contributed by atoms with Crippen molar-refractivity contribution < 1.29 is 4.92 Å². The lowest BCUT2D eigenvalue weighted by Crippen LogP contribution is -1.96. The van der Waals surface area contributed by atoms with E-state index in [-0.39, 0.29) is 5.69 Å². The zero-order valence-electron chi connectivity index (χ0n) is 7.87. The number of benzene rings is 1. The number of nitro groups is 1. The van der Waals surface area contributed by atoms with Gasteiger partial charge in [0.05, 0.1) is 4.92 Å². The minimum atomic E-state index is -0.483. The molecule has 0 heterocycles. The largest absolute Gasteiger partial charge is 0.330 e. The third kappa shape index (κ3) is 3.24. The molecule has 0 unspecified atom stereocenters. The van der Waals surface area contributed by atoms with E-state index in [0.29, 0.717) is 23.6 Å². The molecule has 0 radical (unpaired) electrons. The van der Waals surface area contributed by atoms with E-state index in [2.05, 4.69) is 11.8 Å². The summed E-state index contributed by atoms with van der Waals surface area (Å²) >= 11 is 5.72. The molecular formula is C10H9ClN2O2. The molecule has 0 bridgehead atoms. The van der Waals surface area contributed by atoms with Crippen molar-refractivity contribution >= 4 is 17.3 Å². The Labute approximate surface area is 92.2 Å². The molecule has 0 aliphatic heterocycles. The van der Waals surface area contributed by atoms with Crippen molar-refractivity contribution in [2.45, 2.75) is 6.42 Å². The standard InChI is InChI=1S/C10H9ClN2O2/c11-9-4-5-10(13(14)15)8(7-9)3-1-2-6-12/h4-5,7H,2,6,12H2. The van der Waals surface area contributed by atoms with Crippen LogP contribution in [0.1, 0.15) is 12.0 Å². The average molecular weight is 225 g/mol. The Morgan fingerprint density at radius 3 is 2.87 bits per heavy atom. The Morgan fingerprint density at radius 2 is 2.27 bits per heavy atom. The maximum Gasteiger partial charge on any atom is 0.285 e. The van der Waals surface area contributed by atoms with E-state index in [1.54, 1.807) is 0 Å². The molecule has 1 aromatic rings. The molecule has 1 rings (SSSR count). The van der Waals surface area contributed by atoms with Crippen molar-refractivity contribution in [1.29, 1.82) is 0 Å². The summed E-state index contributed by atoms with van der Waals surface area (Å²) in [4.78, 5) is 10.2. The first-order valence-electron chi connectivity index (χ1n) is 4.28. The summed E-state index contributed by atoms with van der Waals surface area (Å²) in [6.07, 6.45) is 0.504. The summed E-state index contributed by atoms with van der Waals surface area (Å²) in [6.45, 7) is 0.432. The van der Waals surface area contributed by atoms with Crippen LogP contribution in [0, 0.1) is 22.0 Å². The highest BCUT2D eigenvalue weighted by Crippen LogP contribution is 2.21. The second kappa shape index (κ2) is 5.35. The van der Waals surface area contributed by atoms with E-state index in [4.69, 9.17) is 17.3 Å². The Hall–Kier alpha value is -1.57. The zero-order valence-corrected chi connectivity index (χ0v) is 8.62. The summed E-state index contributed by atoms with van der Waals surface area (Å²) in [6, 6.07) is 4.28. The van der Waals surface area contributed by atoms with Gasteiger partial charge in [0.25, 0.3) is 5.69 Å². The maximum atomic E-state index is 10.6. The number of halogens is 1. The summed E-state index contributed by atoms with van der Waals surface area (Å²) in [5.41, 5.74) is 5.54. The van der Waals surface area contributed by atoms with Crippen LogP contribution >= 0.6 is 11.6 Å². The van der Waals surface area contributed by atoms with Crippen molar-refractivity contribution in [2.24, 2.45) is 5.73 Å². The van der Waals surface area contributed by atoms with Gasteiger partial charge in [-0.2, -0.15) is 0 Å². The highest BCUT2D eigenvalue weighted by Gasteiger charge is 2.11. The molecule has 78 valence electrons. The average Bonchev–Trinajstić information content (AvgIpc) is 2.18. The van der Waals surface area contributed by atoms with Gasteiger partial charge in [0.2, 0.25) is 0 Å². The molecular weight excluding hydrogens is 216 g/mol. The third-order valence-electron chi connectivity index (χ3n) is 1.65. The molecule has 0 fully saturated rings. The first kappa shape index (κ1) is 11.5. The van der Waals surface area contributed by atoms with Crippen molar-refractivity contribution in [1.82, 2.24) is 0 Å². The van der Waals surface area contributed by atoms with E-state index < -0.39 is 4.92 Å². The molecule has 0 atom stereocenters. The van der Waals surface area contributed by atoms with E-state index in [1.807, 2.05) is 0 Å². The van der Waals surface area contributed by atoms with Gasteiger partial charge in [0.15, 0.2) is 0 Å². The molecule has 0 saturated carbocycles. The van der Waals surface area contributed by atoms with Crippen LogP contribution in [-0.2, 0) is 0 Å². The monoisotopic (exact) mass is 224 g/mol. The Morgan fingerprint density at radius 1 is 1.53 bits per heavy atom. The molecule has 0 amide bonds. The molecule has 0 aliphatic rings. The predicted octanol–water partition coefficient (Wildman–Crippen LogP) is 1.95. The second-order valence-electron chi connectivity index (χ2n) is 2.76. The fourth-order valence-electron chi connectivity index (χ4n) is 0.997. The first-order chi connectivity index (χ1) is 7.15. The van der Waals surface area contributed by atoms with Crippen LogP contribution in [0.2, 0.25) is 5.02 Å². The molecule has 0 spiro atoms. The summed E-state index contributed by atoms with van der Waals surface area (Å²) in [5, 5.41) is 11.1. The summed E-state index contributed by atoms with van der Waals surface area (Å²) in [5.74, 6) is 5.42. The second-order valence-corrected chi connectivity index (χ2v) is 3.20. The minimum Gasteiger partial charge on any atom is -0.330 e. The molecule has 15 heavy (non-hydrogen) atoms. The van der Waals surface area contributed by atoms with Crippen LogP contribution in [0.4, 0.5) is 5.69 Å². The Balaban J connectivity index is 3.09. The number of nitrogens with two attached hydrogens (primary N) is 1. The molecule has 0 aromatic heterocycles. The number of hydrogen-bond acceptors (Lipinski definition) is 3. The number of nitro benzene ring substituents is 1. The SMILES string of the molecule is NCCC#Cc1cc(Cl)ccc1[N+](=O)[O-]. The van der Waals surface area contributed by atoms with Gasteiger partial charge >= 0.3 is 0 Å². The Bertz CT molecular complexity index is 435. The van der Waals surface area contributed by atoms with Crippen molar-refractivity contribution in [2.75, 3.05) is 6.54 Å². The van der Waals surface area contributed by atoms with Crippen molar-refractivity contribution in [3.63, 3.8) is 0 Å². The topological polar surface area (TPSA) is 69.2 Å². The highest BCUT2D eigenvalue weighted by molar-refractivity contribution is 6.30. The molecule has 1 aromatic carbocycles. The first-order valence-corrected chi connectivity index (χ1v) is 4.66. The molecule has 4 nitrogen and oxygen atoms in total. The molecule has 0 aliphatic carbocycles. The highest BCUT2D eigenvalue weighted by atomic mass is 35.5. The molecule has 0 saturated heterocycles. The normalized spacial score (nSPS) is 9.20. The Kier molecular flexibility index (Phi) is 4.10. The van der Waals surface area contributed by atoms with Gasteiger partial charge in [0.1, 0.15) is 5.56 Å². The van der Waals surface area contributed by atoms with Crippen LogP contribution in [0.25, 0.3) is 0 Å². The fraction of sp³-hybridized carbons (Fsp3) is 0.200. The van der Waals surface area contributed by atoms with E-state index in [0.717, 1.165) is 0 Å². The number of nitrogens with zero attached hydrogens (tertiary/aromatic N) is 1. The van der Waals surface area contributed by atoms with Gasteiger partial charge in [-0.15, -0.1) is 0 Å². The lowest BCUT2D eigenvalue weighted by molar-refractivity contribution is -0.385. The van der Waals surface area contributed by atoms with Gasteiger partial charge in [-0.25, -0.2) is 0 Å². The predicted molar refractivity (Wildman–Crippen MR) is 58.7 cm³/mol. The maximum absolute atomic E-state index is 10.6. The molecule has 2 N–H and O–H groups in total.